The molecule has 118 valence electrons. The molecule has 3 rings (SSSR count). The second-order valence-corrected chi connectivity index (χ2v) is 6.42. The van der Waals surface area contributed by atoms with Crippen LogP contribution in [-0.4, -0.2) is 34.9 Å². The predicted molar refractivity (Wildman–Crippen MR) is 78.6 cm³/mol. The van der Waals surface area contributed by atoms with Gasteiger partial charge in [-0.3, -0.25) is 4.79 Å². The Hall–Kier alpha value is -1.88. The number of hydrogen-bond acceptors (Lipinski definition) is 5. The molecule has 0 aromatic heterocycles. The summed E-state index contributed by atoms with van der Waals surface area (Å²) in [6, 6.07) is 0. The Morgan fingerprint density at radius 1 is 1.41 bits per heavy atom. The summed E-state index contributed by atoms with van der Waals surface area (Å²) in [5.41, 5.74) is 0.428. The van der Waals surface area contributed by atoms with Gasteiger partial charge in [-0.05, 0) is 24.0 Å². The molecule has 5 nitrogen and oxygen atoms in total. The highest BCUT2D eigenvalue weighted by atomic mass is 16.6. The molecule has 22 heavy (non-hydrogen) atoms. The van der Waals surface area contributed by atoms with Crippen LogP contribution in [0.4, 0.5) is 0 Å². The van der Waals surface area contributed by atoms with Gasteiger partial charge in [0.15, 0.2) is 0 Å². The van der Waals surface area contributed by atoms with E-state index in [-0.39, 0.29) is 12.3 Å². The first kappa shape index (κ1) is 15.0. The third kappa shape index (κ3) is 1.96. The van der Waals surface area contributed by atoms with E-state index in [1.807, 2.05) is 0 Å². The predicted octanol–water partition coefficient (Wildman–Crippen LogP) is 1.67. The maximum Gasteiger partial charge on any atom is 0.334 e. The van der Waals surface area contributed by atoms with Gasteiger partial charge in [-0.15, -0.1) is 0 Å². The van der Waals surface area contributed by atoms with Gasteiger partial charge >= 0.3 is 11.9 Å². The van der Waals surface area contributed by atoms with E-state index in [2.05, 4.69) is 19.7 Å². The Bertz CT molecular complexity index is 604. The van der Waals surface area contributed by atoms with Gasteiger partial charge in [0.1, 0.15) is 12.2 Å². The van der Waals surface area contributed by atoms with Crippen LogP contribution >= 0.6 is 0 Å². The van der Waals surface area contributed by atoms with Crippen LogP contribution in [-0.2, 0) is 19.1 Å². The highest BCUT2D eigenvalue weighted by molar-refractivity contribution is 5.91. The van der Waals surface area contributed by atoms with E-state index in [9.17, 15) is 14.7 Å². The molecular weight excluding hydrogens is 284 g/mol. The highest BCUT2D eigenvalue weighted by Gasteiger charge is 2.60. The first-order valence-corrected chi connectivity index (χ1v) is 7.42. The molecule has 3 aliphatic rings. The minimum Gasteiger partial charge on any atom is -0.458 e. The average molecular weight is 304 g/mol. The standard InChI is InChI=1S/C17H20O5/c1-8-5-6-12-9(2)16(19)22-15(12)14-10(3)13(21-11(4)18)7-17(8,14)20/h12-15,20H,1-3,5-7H2,4H3. The molecule has 5 unspecified atom stereocenters. The van der Waals surface area contributed by atoms with Crippen molar-refractivity contribution < 1.29 is 24.2 Å². The Balaban J connectivity index is 2.01. The van der Waals surface area contributed by atoms with Crippen molar-refractivity contribution in [2.24, 2.45) is 11.8 Å². The SMILES string of the molecule is C=C1C(=O)OC2C1CCC(=C)C1(O)CC(OC(C)=O)C(=C)C21. The summed E-state index contributed by atoms with van der Waals surface area (Å²) in [7, 11) is 0. The van der Waals surface area contributed by atoms with Crippen LogP contribution < -0.4 is 0 Å². The molecule has 0 radical (unpaired) electrons. The van der Waals surface area contributed by atoms with E-state index in [4.69, 9.17) is 9.47 Å². The molecule has 0 bridgehead atoms. The number of carbonyl (C=O) groups excluding carboxylic acids is 2. The minimum absolute atomic E-state index is 0.156. The average Bonchev–Trinajstić information content (AvgIpc) is 2.79. The molecule has 1 aliphatic heterocycles. The van der Waals surface area contributed by atoms with Crippen LogP contribution in [0.25, 0.3) is 0 Å². The molecule has 0 aromatic rings. The summed E-state index contributed by atoms with van der Waals surface area (Å²) in [5.74, 6) is -1.52. The first-order valence-electron chi connectivity index (χ1n) is 7.42. The summed E-state index contributed by atoms with van der Waals surface area (Å²) in [6.07, 6.45) is 0.345. The minimum atomic E-state index is -1.26. The molecular formula is C17H20O5. The fourth-order valence-electron chi connectivity index (χ4n) is 4.03. The molecule has 2 aliphatic carbocycles. The fourth-order valence-corrected chi connectivity index (χ4v) is 4.03. The Morgan fingerprint density at radius 3 is 2.73 bits per heavy atom. The highest BCUT2D eigenvalue weighted by Crippen LogP contribution is 2.54. The monoisotopic (exact) mass is 304 g/mol. The van der Waals surface area contributed by atoms with Crippen LogP contribution in [0, 0.1) is 11.8 Å². The third-order valence-corrected chi connectivity index (χ3v) is 5.18. The van der Waals surface area contributed by atoms with Gasteiger partial charge in [0.25, 0.3) is 0 Å². The molecule has 1 saturated heterocycles. The van der Waals surface area contributed by atoms with Crippen molar-refractivity contribution >= 4 is 11.9 Å². The molecule has 0 spiro atoms. The molecule has 1 heterocycles. The van der Waals surface area contributed by atoms with E-state index in [0.29, 0.717) is 29.6 Å². The summed E-state index contributed by atoms with van der Waals surface area (Å²) in [6.45, 7) is 13.1. The van der Waals surface area contributed by atoms with Crippen molar-refractivity contribution in [2.75, 3.05) is 0 Å². The zero-order valence-electron chi connectivity index (χ0n) is 12.6. The fraction of sp³-hybridized carbons (Fsp3) is 0.529. The van der Waals surface area contributed by atoms with Crippen LogP contribution in [0.2, 0.25) is 0 Å². The molecule has 2 saturated carbocycles. The summed E-state index contributed by atoms with van der Waals surface area (Å²) >= 11 is 0. The Kier molecular flexibility index (Phi) is 3.29. The number of hydrogen-bond donors (Lipinski definition) is 1. The van der Waals surface area contributed by atoms with Crippen LogP contribution in [0.3, 0.4) is 0 Å². The largest absolute Gasteiger partial charge is 0.458 e. The van der Waals surface area contributed by atoms with Crippen molar-refractivity contribution in [1.29, 1.82) is 0 Å². The second-order valence-electron chi connectivity index (χ2n) is 6.42. The number of rotatable bonds is 1. The number of fused-ring (bicyclic) bond motifs is 3. The van der Waals surface area contributed by atoms with Crippen molar-refractivity contribution in [3.05, 3.63) is 36.5 Å². The van der Waals surface area contributed by atoms with Gasteiger partial charge in [0, 0.05) is 24.8 Å². The second kappa shape index (κ2) is 4.81. The molecule has 0 aromatic carbocycles. The summed E-state index contributed by atoms with van der Waals surface area (Å²) in [4.78, 5) is 23.1. The maximum absolute atomic E-state index is 11.9. The summed E-state index contributed by atoms with van der Waals surface area (Å²) < 4.78 is 10.7. The maximum atomic E-state index is 11.9. The van der Waals surface area contributed by atoms with E-state index < -0.39 is 35.7 Å². The topological polar surface area (TPSA) is 72.8 Å². The zero-order valence-corrected chi connectivity index (χ0v) is 12.6. The normalized spacial score (nSPS) is 40.8. The van der Waals surface area contributed by atoms with E-state index in [1.165, 1.54) is 6.92 Å². The van der Waals surface area contributed by atoms with Crippen molar-refractivity contribution in [3.63, 3.8) is 0 Å². The van der Waals surface area contributed by atoms with Gasteiger partial charge in [0.05, 0.1) is 11.5 Å². The number of ether oxygens (including phenoxy) is 2. The number of aliphatic hydroxyl groups is 1. The molecule has 5 heteroatoms. The molecule has 5 atom stereocenters. The summed E-state index contributed by atoms with van der Waals surface area (Å²) in [5, 5.41) is 11.2. The van der Waals surface area contributed by atoms with Crippen LogP contribution in [0.15, 0.2) is 36.5 Å². The van der Waals surface area contributed by atoms with Gasteiger partial charge in [-0.1, -0.05) is 19.7 Å². The van der Waals surface area contributed by atoms with Crippen molar-refractivity contribution in [3.8, 4) is 0 Å². The van der Waals surface area contributed by atoms with E-state index in [0.717, 1.165) is 0 Å². The number of esters is 2. The van der Waals surface area contributed by atoms with Gasteiger partial charge in [-0.2, -0.15) is 0 Å². The molecule has 3 fully saturated rings. The Labute approximate surface area is 129 Å². The lowest BCUT2D eigenvalue weighted by atomic mass is 9.78. The lowest BCUT2D eigenvalue weighted by Gasteiger charge is -2.33. The van der Waals surface area contributed by atoms with Crippen LogP contribution in [0.1, 0.15) is 26.2 Å². The smallest absolute Gasteiger partial charge is 0.334 e. The van der Waals surface area contributed by atoms with Crippen LogP contribution in [0.5, 0.6) is 0 Å². The third-order valence-electron chi connectivity index (χ3n) is 5.18. The lowest BCUT2D eigenvalue weighted by Crippen LogP contribution is -2.42. The lowest BCUT2D eigenvalue weighted by molar-refractivity contribution is -0.145. The molecule has 1 N–H and O–H groups in total. The zero-order chi connectivity index (χ0) is 16.2. The molecule has 0 amide bonds. The first-order chi connectivity index (χ1) is 10.3. The quantitative estimate of drug-likeness (QED) is 0.453. The van der Waals surface area contributed by atoms with Gasteiger partial charge in [0.2, 0.25) is 0 Å². The van der Waals surface area contributed by atoms with Crippen molar-refractivity contribution in [1.82, 2.24) is 0 Å². The Morgan fingerprint density at radius 2 is 2.09 bits per heavy atom. The van der Waals surface area contributed by atoms with E-state index >= 15 is 0 Å². The van der Waals surface area contributed by atoms with Gasteiger partial charge in [-0.25, -0.2) is 4.79 Å². The van der Waals surface area contributed by atoms with E-state index in [1.54, 1.807) is 0 Å². The van der Waals surface area contributed by atoms with Gasteiger partial charge < -0.3 is 14.6 Å². The number of carbonyl (C=O) groups is 2. The van der Waals surface area contributed by atoms with Crippen molar-refractivity contribution in [2.45, 2.75) is 44.0 Å².